The summed E-state index contributed by atoms with van der Waals surface area (Å²) >= 11 is 0. The van der Waals surface area contributed by atoms with E-state index in [0.717, 1.165) is 22.3 Å². The van der Waals surface area contributed by atoms with Crippen molar-refractivity contribution < 1.29 is 13.9 Å². The maximum Gasteiger partial charge on any atom is 0.336 e. The molecule has 4 heteroatoms. The third kappa shape index (κ3) is 3.85. The monoisotopic (exact) mass is 338 g/mol. The van der Waals surface area contributed by atoms with E-state index in [1.165, 1.54) is 17.2 Å². The molecule has 0 atom stereocenters. The summed E-state index contributed by atoms with van der Waals surface area (Å²) in [5.41, 5.74) is 4.31. The first-order valence-electron chi connectivity index (χ1n) is 8.32. The lowest BCUT2D eigenvalue weighted by Crippen LogP contribution is -2.10. The van der Waals surface area contributed by atoms with Gasteiger partial charge in [-0.15, -0.1) is 0 Å². The molecule has 4 nitrogen and oxygen atoms in total. The Bertz CT molecular complexity index is 949. The molecule has 0 N–H and O–H groups in total. The van der Waals surface area contributed by atoms with Crippen molar-refractivity contribution in [3.8, 4) is 11.5 Å². The summed E-state index contributed by atoms with van der Waals surface area (Å²) in [6.07, 6.45) is 0. The summed E-state index contributed by atoms with van der Waals surface area (Å²) < 4.78 is 16.9. The predicted molar refractivity (Wildman–Crippen MR) is 98.9 cm³/mol. The Labute approximate surface area is 147 Å². The molecule has 25 heavy (non-hydrogen) atoms. The average Bonchev–Trinajstić information content (AvgIpc) is 2.53. The third-order valence-electron chi connectivity index (χ3n) is 4.12. The van der Waals surface area contributed by atoms with Crippen molar-refractivity contribution in [2.45, 2.75) is 27.7 Å². The first-order valence-corrected chi connectivity index (χ1v) is 8.32. The van der Waals surface area contributed by atoms with Crippen LogP contribution in [0, 0.1) is 27.7 Å². The van der Waals surface area contributed by atoms with Crippen LogP contribution in [-0.4, -0.2) is 13.2 Å². The van der Waals surface area contributed by atoms with Gasteiger partial charge in [-0.1, -0.05) is 6.07 Å². The smallest absolute Gasteiger partial charge is 0.336 e. The largest absolute Gasteiger partial charge is 0.490 e. The first-order chi connectivity index (χ1) is 11.9. The molecule has 3 aromatic rings. The molecule has 3 rings (SSSR count). The molecule has 0 aliphatic carbocycles. The number of hydrogen-bond acceptors (Lipinski definition) is 4. The molecule has 1 heterocycles. The Kier molecular flexibility index (Phi) is 4.79. The molecule has 2 aromatic carbocycles. The van der Waals surface area contributed by atoms with E-state index in [0.29, 0.717) is 24.5 Å². The quantitative estimate of drug-likeness (QED) is 0.508. The number of rotatable bonds is 5. The fraction of sp³-hybridized carbons (Fsp3) is 0.286. The number of benzene rings is 2. The van der Waals surface area contributed by atoms with Crippen LogP contribution >= 0.6 is 0 Å². The van der Waals surface area contributed by atoms with Gasteiger partial charge in [0.25, 0.3) is 0 Å². The van der Waals surface area contributed by atoms with Crippen molar-refractivity contribution in [2.75, 3.05) is 13.2 Å². The van der Waals surface area contributed by atoms with Gasteiger partial charge in [-0.3, -0.25) is 0 Å². The van der Waals surface area contributed by atoms with Crippen LogP contribution in [0.3, 0.4) is 0 Å². The van der Waals surface area contributed by atoms with Crippen molar-refractivity contribution >= 4 is 11.0 Å². The summed E-state index contributed by atoms with van der Waals surface area (Å²) in [4.78, 5) is 11.6. The zero-order valence-corrected chi connectivity index (χ0v) is 15.0. The van der Waals surface area contributed by atoms with E-state index in [4.69, 9.17) is 13.9 Å². The molecule has 0 unspecified atom stereocenters. The molecule has 0 saturated heterocycles. The fourth-order valence-corrected chi connectivity index (χ4v) is 2.98. The SMILES string of the molecule is Cc1cc(C)cc(OCCOc2ccc3c(C)cc(=O)oc3c2C)c1. The lowest BCUT2D eigenvalue weighted by atomic mass is 10.1. The fourth-order valence-electron chi connectivity index (χ4n) is 2.98. The number of aryl methyl sites for hydroxylation is 4. The second kappa shape index (κ2) is 7.01. The maximum atomic E-state index is 11.6. The molecule has 0 saturated carbocycles. The predicted octanol–water partition coefficient (Wildman–Crippen LogP) is 4.48. The van der Waals surface area contributed by atoms with Crippen LogP contribution < -0.4 is 15.1 Å². The Morgan fingerprint density at radius 2 is 1.56 bits per heavy atom. The number of hydrogen-bond donors (Lipinski definition) is 0. The summed E-state index contributed by atoms with van der Waals surface area (Å²) in [6, 6.07) is 11.4. The molecule has 0 amide bonds. The Morgan fingerprint density at radius 3 is 2.28 bits per heavy atom. The van der Waals surface area contributed by atoms with Crippen LogP contribution in [0.4, 0.5) is 0 Å². The van der Waals surface area contributed by atoms with Crippen LogP contribution in [0.15, 0.2) is 45.6 Å². The van der Waals surface area contributed by atoms with Gasteiger partial charge in [0.05, 0.1) is 0 Å². The highest BCUT2D eigenvalue weighted by Gasteiger charge is 2.10. The summed E-state index contributed by atoms with van der Waals surface area (Å²) in [5, 5.41) is 0.927. The minimum Gasteiger partial charge on any atom is -0.490 e. The minimum absolute atomic E-state index is 0.344. The Balaban J connectivity index is 1.69. The van der Waals surface area contributed by atoms with Gasteiger partial charge in [-0.25, -0.2) is 4.79 Å². The van der Waals surface area contributed by atoms with E-state index in [1.54, 1.807) is 0 Å². The van der Waals surface area contributed by atoms with E-state index < -0.39 is 0 Å². The van der Waals surface area contributed by atoms with Gasteiger partial charge in [0.1, 0.15) is 30.3 Å². The lowest BCUT2D eigenvalue weighted by Gasteiger charge is -2.12. The lowest BCUT2D eigenvalue weighted by molar-refractivity contribution is 0.216. The van der Waals surface area contributed by atoms with Crippen LogP contribution in [0.1, 0.15) is 22.3 Å². The van der Waals surface area contributed by atoms with E-state index in [1.807, 2.05) is 52.0 Å². The van der Waals surface area contributed by atoms with Crippen molar-refractivity contribution in [1.29, 1.82) is 0 Å². The Hall–Kier alpha value is -2.75. The second-order valence-electron chi connectivity index (χ2n) is 6.33. The normalized spacial score (nSPS) is 10.9. The molecule has 0 aliphatic heterocycles. The van der Waals surface area contributed by atoms with Gasteiger partial charge >= 0.3 is 5.63 Å². The van der Waals surface area contributed by atoms with Crippen molar-refractivity contribution in [2.24, 2.45) is 0 Å². The van der Waals surface area contributed by atoms with Crippen LogP contribution in [0.2, 0.25) is 0 Å². The molecule has 130 valence electrons. The molecular formula is C21H22O4. The van der Waals surface area contributed by atoms with E-state index >= 15 is 0 Å². The average molecular weight is 338 g/mol. The maximum absolute atomic E-state index is 11.6. The van der Waals surface area contributed by atoms with Crippen molar-refractivity contribution in [3.05, 3.63) is 69.1 Å². The number of ether oxygens (including phenoxy) is 2. The third-order valence-corrected chi connectivity index (χ3v) is 4.12. The zero-order valence-electron chi connectivity index (χ0n) is 15.0. The van der Waals surface area contributed by atoms with Gasteiger partial charge < -0.3 is 13.9 Å². The van der Waals surface area contributed by atoms with Crippen LogP contribution in [-0.2, 0) is 0 Å². The van der Waals surface area contributed by atoms with Crippen molar-refractivity contribution in [1.82, 2.24) is 0 Å². The van der Waals surface area contributed by atoms with Gasteiger partial charge in [0, 0.05) is 17.0 Å². The molecular weight excluding hydrogens is 316 g/mol. The van der Waals surface area contributed by atoms with Gasteiger partial charge in [-0.2, -0.15) is 0 Å². The highest BCUT2D eigenvalue weighted by atomic mass is 16.5. The highest BCUT2D eigenvalue weighted by Crippen LogP contribution is 2.28. The minimum atomic E-state index is -0.344. The molecule has 1 aromatic heterocycles. The highest BCUT2D eigenvalue weighted by molar-refractivity contribution is 5.84. The van der Waals surface area contributed by atoms with Crippen LogP contribution in [0.5, 0.6) is 11.5 Å². The molecule has 0 fully saturated rings. The van der Waals surface area contributed by atoms with Crippen LogP contribution in [0.25, 0.3) is 11.0 Å². The van der Waals surface area contributed by atoms with Gasteiger partial charge in [0.15, 0.2) is 0 Å². The molecule has 0 aliphatic rings. The summed E-state index contributed by atoms with van der Waals surface area (Å²) in [7, 11) is 0. The van der Waals surface area contributed by atoms with E-state index in [2.05, 4.69) is 6.07 Å². The van der Waals surface area contributed by atoms with Gasteiger partial charge in [-0.05, 0) is 68.7 Å². The summed E-state index contributed by atoms with van der Waals surface area (Å²) in [5.74, 6) is 1.54. The topological polar surface area (TPSA) is 48.7 Å². The summed E-state index contributed by atoms with van der Waals surface area (Å²) in [6.45, 7) is 8.74. The Morgan fingerprint density at radius 1 is 0.880 bits per heavy atom. The zero-order chi connectivity index (χ0) is 18.0. The molecule has 0 radical (unpaired) electrons. The van der Waals surface area contributed by atoms with E-state index in [-0.39, 0.29) is 5.63 Å². The van der Waals surface area contributed by atoms with Gasteiger partial charge in [0.2, 0.25) is 0 Å². The van der Waals surface area contributed by atoms with Crippen molar-refractivity contribution in [3.63, 3.8) is 0 Å². The second-order valence-corrected chi connectivity index (χ2v) is 6.33. The first kappa shape index (κ1) is 17.1. The number of fused-ring (bicyclic) bond motifs is 1. The molecule has 0 bridgehead atoms. The van der Waals surface area contributed by atoms with E-state index in [9.17, 15) is 4.79 Å². The molecule has 0 spiro atoms. The standard InChI is InChI=1S/C21H22O4/c1-13-9-14(2)11-17(10-13)23-7-8-24-19-6-5-18-15(3)12-20(22)25-21(18)16(19)4/h5-6,9-12H,7-8H2,1-4H3.